The minimum atomic E-state index is 0.929. The van der Waals surface area contributed by atoms with E-state index in [9.17, 15) is 0 Å². The Bertz CT molecular complexity index is 306. The third-order valence-electron chi connectivity index (χ3n) is 1.77. The molecule has 1 heterocycles. The minimum Gasteiger partial charge on any atom is -0.364 e. The van der Waals surface area contributed by atoms with E-state index >= 15 is 0 Å². The van der Waals surface area contributed by atoms with E-state index in [0.717, 1.165) is 10.1 Å². The normalized spacial score (nSPS) is 9.93. The van der Waals surface area contributed by atoms with Gasteiger partial charge in [-0.2, -0.15) is 0 Å². The molecule has 0 fully saturated rings. The van der Waals surface area contributed by atoms with Crippen LogP contribution in [-0.4, -0.2) is 23.3 Å². The summed E-state index contributed by atoms with van der Waals surface area (Å²) in [7, 11) is 5.96. The van der Waals surface area contributed by atoms with E-state index in [1.807, 2.05) is 30.6 Å². The Kier molecular flexibility index (Phi) is 4.35. The summed E-state index contributed by atoms with van der Waals surface area (Å²) < 4.78 is 2.96. The molecule has 0 radical (unpaired) electrons. The van der Waals surface area contributed by atoms with Gasteiger partial charge in [-0.15, -0.1) is 0 Å². The van der Waals surface area contributed by atoms with Crippen molar-refractivity contribution in [1.82, 2.24) is 4.90 Å². The van der Waals surface area contributed by atoms with Crippen molar-refractivity contribution in [3.8, 4) is 0 Å². The second-order valence-electron chi connectivity index (χ2n) is 3.32. The zero-order valence-corrected chi connectivity index (χ0v) is 10.4. The van der Waals surface area contributed by atoms with Crippen molar-refractivity contribution in [3.05, 3.63) is 30.1 Å². The maximum atomic E-state index is 5.19. The van der Waals surface area contributed by atoms with Crippen LogP contribution in [0.1, 0.15) is 5.56 Å². The van der Waals surface area contributed by atoms with E-state index in [1.165, 1.54) is 5.56 Å². The van der Waals surface area contributed by atoms with Crippen LogP contribution in [0.25, 0.3) is 0 Å². The molecule has 1 rings (SSSR count). The predicted molar refractivity (Wildman–Crippen MR) is 65.2 cm³/mol. The number of pyridine rings is 1. The van der Waals surface area contributed by atoms with E-state index < -0.39 is 0 Å². The van der Waals surface area contributed by atoms with E-state index in [-0.39, 0.29) is 0 Å². The smallest absolute Gasteiger partial charge is 0.168 e. The molecule has 1 aromatic rings. The van der Waals surface area contributed by atoms with Gasteiger partial charge in [0.05, 0.1) is 0 Å². The van der Waals surface area contributed by atoms with Crippen molar-refractivity contribution in [2.75, 3.05) is 14.1 Å². The molecule has 0 bridgehead atoms. The van der Waals surface area contributed by atoms with Gasteiger partial charge in [0.15, 0.2) is 12.4 Å². The highest BCUT2D eigenvalue weighted by molar-refractivity contribution is 8.22. The van der Waals surface area contributed by atoms with Gasteiger partial charge in [0, 0.05) is 32.0 Å². The maximum absolute atomic E-state index is 5.19. The molecule has 0 saturated heterocycles. The van der Waals surface area contributed by atoms with Crippen LogP contribution in [0.5, 0.6) is 0 Å². The molecule has 0 N–H and O–H groups in total. The largest absolute Gasteiger partial charge is 0.364 e. The van der Waals surface area contributed by atoms with Crippen molar-refractivity contribution in [1.29, 1.82) is 0 Å². The zero-order valence-electron chi connectivity index (χ0n) is 8.73. The number of hydrogen-bond acceptors (Lipinski definition) is 2. The molecule has 4 heteroatoms. The van der Waals surface area contributed by atoms with Crippen LogP contribution in [0.3, 0.4) is 0 Å². The van der Waals surface area contributed by atoms with Crippen LogP contribution >= 0.6 is 24.0 Å². The summed E-state index contributed by atoms with van der Waals surface area (Å²) in [6, 6.07) is 4.23. The quantitative estimate of drug-likeness (QED) is 0.560. The monoisotopic (exact) mass is 227 g/mol. The van der Waals surface area contributed by atoms with Crippen molar-refractivity contribution < 1.29 is 4.57 Å². The highest BCUT2D eigenvalue weighted by Gasteiger charge is 2.01. The average molecular weight is 227 g/mol. The first-order valence-corrected chi connectivity index (χ1v) is 5.77. The second kappa shape index (κ2) is 5.32. The Balaban J connectivity index is 2.46. The highest BCUT2D eigenvalue weighted by atomic mass is 32.2. The lowest BCUT2D eigenvalue weighted by Crippen LogP contribution is -2.25. The Labute approximate surface area is 94.9 Å². The standard InChI is InChI=1S/C10H15N2S2/c1-11(2)10(13)14-8-9-4-6-12(3)7-5-9/h4-7H,8H2,1-3H3/q+1. The molecule has 0 atom stereocenters. The summed E-state index contributed by atoms with van der Waals surface area (Å²) in [5.74, 6) is 0.942. The van der Waals surface area contributed by atoms with Gasteiger partial charge >= 0.3 is 0 Å². The lowest BCUT2D eigenvalue weighted by atomic mass is 10.3. The van der Waals surface area contributed by atoms with E-state index in [4.69, 9.17) is 12.2 Å². The van der Waals surface area contributed by atoms with Gasteiger partial charge in [-0.25, -0.2) is 4.57 Å². The van der Waals surface area contributed by atoms with Gasteiger partial charge in [0.2, 0.25) is 0 Å². The van der Waals surface area contributed by atoms with Gasteiger partial charge in [0.1, 0.15) is 11.4 Å². The lowest BCUT2D eigenvalue weighted by molar-refractivity contribution is -0.671. The number of rotatable bonds is 2. The number of nitrogens with zero attached hydrogens (tertiary/aromatic N) is 2. The van der Waals surface area contributed by atoms with Crippen LogP contribution < -0.4 is 4.57 Å². The molecule has 0 aliphatic heterocycles. The zero-order chi connectivity index (χ0) is 10.6. The van der Waals surface area contributed by atoms with Gasteiger partial charge in [-0.1, -0.05) is 24.0 Å². The third kappa shape index (κ3) is 3.64. The third-order valence-corrected chi connectivity index (χ3v) is 3.58. The Morgan fingerprint density at radius 1 is 1.43 bits per heavy atom. The molecular weight excluding hydrogens is 212 g/mol. The number of hydrogen-bond donors (Lipinski definition) is 0. The predicted octanol–water partition coefficient (Wildman–Crippen LogP) is 1.59. The molecule has 0 aliphatic rings. The molecule has 0 amide bonds. The first-order valence-electron chi connectivity index (χ1n) is 4.38. The average Bonchev–Trinajstić information content (AvgIpc) is 2.16. The molecular formula is C10H15N2S2+. The number of thioether (sulfide) groups is 1. The van der Waals surface area contributed by atoms with Crippen molar-refractivity contribution >= 4 is 28.3 Å². The first-order chi connectivity index (χ1) is 6.59. The Morgan fingerprint density at radius 3 is 2.50 bits per heavy atom. The van der Waals surface area contributed by atoms with Gasteiger partial charge < -0.3 is 4.90 Å². The van der Waals surface area contributed by atoms with E-state index in [1.54, 1.807) is 11.8 Å². The number of aryl methyl sites for hydroxylation is 1. The van der Waals surface area contributed by atoms with Crippen molar-refractivity contribution in [2.24, 2.45) is 7.05 Å². The van der Waals surface area contributed by atoms with E-state index in [0.29, 0.717) is 0 Å². The molecule has 0 aliphatic carbocycles. The van der Waals surface area contributed by atoms with E-state index in [2.05, 4.69) is 24.5 Å². The summed E-state index contributed by atoms with van der Waals surface area (Å²) in [5.41, 5.74) is 1.30. The first kappa shape index (κ1) is 11.5. The highest BCUT2D eigenvalue weighted by Crippen LogP contribution is 2.13. The van der Waals surface area contributed by atoms with Crippen LogP contribution in [0.4, 0.5) is 0 Å². The lowest BCUT2D eigenvalue weighted by Gasteiger charge is -2.12. The Morgan fingerprint density at radius 2 is 2.00 bits per heavy atom. The molecule has 2 nitrogen and oxygen atoms in total. The van der Waals surface area contributed by atoms with Crippen LogP contribution in [-0.2, 0) is 12.8 Å². The van der Waals surface area contributed by atoms with Crippen LogP contribution in [0.2, 0.25) is 0 Å². The summed E-state index contributed by atoms with van der Waals surface area (Å²) >= 11 is 6.88. The molecule has 0 saturated carbocycles. The number of aromatic nitrogens is 1. The van der Waals surface area contributed by atoms with Gasteiger partial charge in [-0.05, 0) is 5.56 Å². The second-order valence-corrected chi connectivity index (χ2v) is 4.93. The topological polar surface area (TPSA) is 7.12 Å². The van der Waals surface area contributed by atoms with Gasteiger partial charge in [-0.3, -0.25) is 0 Å². The number of thiocarbonyl (C=S) groups is 1. The van der Waals surface area contributed by atoms with Crippen LogP contribution in [0, 0.1) is 0 Å². The summed E-state index contributed by atoms with van der Waals surface area (Å²) in [5, 5.41) is 0. The fourth-order valence-electron chi connectivity index (χ4n) is 0.902. The summed E-state index contributed by atoms with van der Waals surface area (Å²) in [6.07, 6.45) is 4.10. The minimum absolute atomic E-state index is 0.929. The van der Waals surface area contributed by atoms with Crippen molar-refractivity contribution in [2.45, 2.75) is 5.75 Å². The van der Waals surface area contributed by atoms with Crippen LogP contribution in [0.15, 0.2) is 24.5 Å². The molecule has 14 heavy (non-hydrogen) atoms. The van der Waals surface area contributed by atoms with Gasteiger partial charge in [0.25, 0.3) is 0 Å². The molecule has 1 aromatic heterocycles. The van der Waals surface area contributed by atoms with Crippen molar-refractivity contribution in [3.63, 3.8) is 0 Å². The maximum Gasteiger partial charge on any atom is 0.168 e. The SMILES string of the molecule is CN(C)C(=S)SCc1cc[n+](C)cc1. The summed E-state index contributed by atoms with van der Waals surface area (Å²) in [4.78, 5) is 1.96. The fraction of sp³-hybridized carbons (Fsp3) is 0.400. The molecule has 76 valence electrons. The molecule has 0 aromatic carbocycles. The Hall–Kier alpha value is -0.610. The molecule has 0 spiro atoms. The molecule has 0 unspecified atom stereocenters. The summed E-state index contributed by atoms with van der Waals surface area (Å²) in [6.45, 7) is 0. The fourth-order valence-corrected chi connectivity index (χ4v) is 1.82.